The SMILES string of the molecule is CCCCCCCCCCCCCC(=O)N[C@@H](CCC(=O)CC)C(=O)NCCO[C@H]1O[C@H](CO[C@H]2O[C@H](CO)[C@@H](O)[C@H](O)[C@@H]2O)[C@@H](O)[C@H](O[C@H]2O[C@H](CO)[C@@H](O)[C@H](O)[C@@H]2O)[C@@H]1O.CCCCCCCCCCCCCCCCC(=O)N[C@@H](CCC(=O)CC)C(=O)NCCO[C@H]1O[C@H](CO[C@H]2O[C@H](CO)[C@@H](O)[C@H](O)[C@@H]2O)[C@@H](O)[C@H](O[C@H]2O[C@H](CO)[C@@H](O)[C@H](O)[C@@H]2O)[C@@H]1O. The zero-order valence-corrected chi connectivity index (χ0v) is 74.2. The van der Waals surface area contributed by atoms with Crippen molar-refractivity contribution in [1.82, 2.24) is 21.3 Å². The van der Waals surface area contributed by atoms with Gasteiger partial charge in [-0.3, -0.25) is 28.8 Å². The molecular weight excluding hydrogens is 1680 g/mol. The van der Waals surface area contributed by atoms with Crippen molar-refractivity contribution < 1.29 is 188 Å². The summed E-state index contributed by atoms with van der Waals surface area (Å²) in [4.78, 5) is 76.7. The van der Waals surface area contributed by atoms with Gasteiger partial charge in [0.2, 0.25) is 23.6 Å². The Balaban J connectivity index is 0.000000451. The highest BCUT2D eigenvalue weighted by atomic mass is 16.8. The predicted octanol–water partition coefficient (Wildman–Crippen LogP) is -3.80. The van der Waals surface area contributed by atoms with Gasteiger partial charge < -0.3 is 180 Å². The average Bonchev–Trinajstić information content (AvgIpc) is 0.785. The maximum absolute atomic E-state index is 13.3. The van der Waals surface area contributed by atoms with Crippen molar-refractivity contribution in [2.24, 2.45) is 0 Å². The second kappa shape index (κ2) is 62.5. The van der Waals surface area contributed by atoms with E-state index < -0.39 is 248 Å². The fraction of sp³-hybridized carbons (Fsp3) is 0.929. The summed E-state index contributed by atoms with van der Waals surface area (Å²) in [6.45, 7) is 2.40. The normalized spacial score (nSPS) is 33.9. The van der Waals surface area contributed by atoms with Crippen LogP contribution in [0, 0.1) is 0 Å². The quantitative estimate of drug-likeness (QED) is 0.0260. The van der Waals surface area contributed by atoms with E-state index in [2.05, 4.69) is 35.1 Å². The van der Waals surface area contributed by atoms with Gasteiger partial charge in [0.05, 0.1) is 52.9 Å². The van der Waals surface area contributed by atoms with Crippen molar-refractivity contribution >= 4 is 35.2 Å². The lowest BCUT2D eigenvalue weighted by atomic mass is 9.96. The second-order valence-electron chi connectivity index (χ2n) is 33.8. The number of carbonyl (C=O) groups excluding carboxylic acids is 6. The van der Waals surface area contributed by atoms with Gasteiger partial charge in [0.1, 0.15) is 170 Å². The summed E-state index contributed by atoms with van der Waals surface area (Å²) in [7, 11) is 0. The van der Waals surface area contributed by atoms with Crippen molar-refractivity contribution in [2.45, 2.75) is 436 Å². The van der Waals surface area contributed by atoms with Crippen LogP contribution in [-0.4, -0.2) is 400 Å². The Bertz CT molecular complexity index is 3000. The van der Waals surface area contributed by atoms with Crippen molar-refractivity contribution in [3.8, 4) is 0 Å². The summed E-state index contributed by atoms with van der Waals surface area (Å²) in [5.41, 5.74) is 0. The van der Waals surface area contributed by atoms with E-state index in [9.17, 15) is 131 Å². The molecule has 6 aliphatic rings. The average molecular weight is 1840 g/mol. The van der Waals surface area contributed by atoms with Crippen LogP contribution in [0.25, 0.3) is 0 Å². The number of aliphatic hydroxyl groups excluding tert-OH is 20. The summed E-state index contributed by atoms with van der Waals surface area (Å²) in [6.07, 6.45) is -21.1. The van der Waals surface area contributed by atoms with Crippen molar-refractivity contribution in [3.63, 3.8) is 0 Å². The lowest BCUT2D eigenvalue weighted by molar-refractivity contribution is -0.366. The molecule has 24 N–H and O–H groups in total. The Morgan fingerprint density at radius 1 is 0.283 bits per heavy atom. The number of ketones is 2. The molecular formula is C85H154N4O38. The molecule has 0 saturated carbocycles. The maximum Gasteiger partial charge on any atom is 0.242 e. The van der Waals surface area contributed by atoms with E-state index in [1.165, 1.54) is 109 Å². The van der Waals surface area contributed by atoms with Gasteiger partial charge in [-0.05, 0) is 25.7 Å². The van der Waals surface area contributed by atoms with Crippen LogP contribution >= 0.6 is 0 Å². The smallest absolute Gasteiger partial charge is 0.242 e. The summed E-state index contributed by atoms with van der Waals surface area (Å²) in [5, 5.41) is 218. The molecule has 742 valence electrons. The fourth-order valence-electron chi connectivity index (χ4n) is 15.5. The van der Waals surface area contributed by atoms with E-state index in [4.69, 9.17) is 56.8 Å². The standard InChI is InChI=1S/C44H80N2O19.C41H74N2O19/c1-3-5-6-7-8-9-10-11-12-13-14-15-16-17-18-31(50)46-27(20-19-26(49)4-2)41(59)45-21-22-60-43-39(58)40(65-44-38(57)36(55)33(52)29(24-48)63-44)34(53)30(64-43)25-61-42-37(56)35(54)32(51)28(23-47)62-42;1-3-5-6-7-8-9-10-11-12-13-14-15-28(47)43-24(17-16-23(46)4-2)38(56)42-18-19-57-40-36(55)37(62-41-35(54)33(52)30(49)26(21-45)60-41)31(50)27(61-40)22-58-39-34(53)32(51)29(48)25(20-44)59-39/h27-30,32-40,42-44,47-48,51-58H,3-25H2,1-2H3,(H,45,59)(H,46,50);24-27,29-37,39-41,44-45,48-55H,3-22H2,1-2H3,(H,42,56)(H,43,47)/t27-,28+,29+,30+,32+,33+,34+,35-,36-,37-,38-,39-,40-,42-,43-,44+;24-,25+,26+,27+,29+,30+,31+,32-,33-,34-,35-,36-,37-,39-,40-,41+/m00/s1. The Morgan fingerprint density at radius 2 is 0.535 bits per heavy atom. The summed E-state index contributed by atoms with van der Waals surface area (Å²) in [6, 6.07) is -2.03. The number of amides is 4. The summed E-state index contributed by atoms with van der Waals surface area (Å²) in [5.74, 6) is -1.96. The van der Waals surface area contributed by atoms with Crippen LogP contribution in [0.15, 0.2) is 0 Å². The van der Waals surface area contributed by atoms with Crippen molar-refractivity contribution in [2.75, 3.05) is 65.9 Å². The largest absolute Gasteiger partial charge is 0.394 e. The third kappa shape index (κ3) is 38.0. The zero-order chi connectivity index (χ0) is 93.7. The number of unbranched alkanes of at least 4 members (excludes halogenated alkanes) is 23. The van der Waals surface area contributed by atoms with Gasteiger partial charge in [0.15, 0.2) is 37.7 Å². The molecule has 0 aromatic heterocycles. The number of Topliss-reactive ketones (excluding diaryl/α,β-unsaturated/α-hetero) is 2. The summed E-state index contributed by atoms with van der Waals surface area (Å²) >= 11 is 0. The van der Waals surface area contributed by atoms with E-state index in [1.807, 2.05) is 0 Å². The van der Waals surface area contributed by atoms with Crippen LogP contribution in [0.2, 0.25) is 0 Å². The van der Waals surface area contributed by atoms with Crippen molar-refractivity contribution in [1.29, 1.82) is 0 Å². The Labute approximate surface area is 743 Å². The topological polar surface area (TPSA) is 666 Å². The number of aliphatic hydroxyl groups is 20. The minimum atomic E-state index is -1.92. The number of ether oxygens (including phenoxy) is 12. The van der Waals surface area contributed by atoms with Gasteiger partial charge >= 0.3 is 0 Å². The zero-order valence-electron chi connectivity index (χ0n) is 74.2. The first-order valence-electron chi connectivity index (χ1n) is 46.1. The minimum absolute atomic E-state index is 0.0661. The molecule has 6 aliphatic heterocycles. The number of rotatable bonds is 61. The van der Waals surface area contributed by atoms with Crippen LogP contribution in [0.5, 0.6) is 0 Å². The highest BCUT2D eigenvalue weighted by Crippen LogP contribution is 2.35. The fourth-order valence-corrected chi connectivity index (χ4v) is 15.5. The third-order valence-corrected chi connectivity index (χ3v) is 23.8. The highest BCUT2D eigenvalue weighted by molar-refractivity contribution is 5.89. The highest BCUT2D eigenvalue weighted by Gasteiger charge is 2.55. The molecule has 0 aliphatic carbocycles. The Hall–Kier alpha value is -4.06. The van der Waals surface area contributed by atoms with E-state index in [0.29, 0.717) is 12.8 Å². The molecule has 6 fully saturated rings. The van der Waals surface area contributed by atoms with Crippen LogP contribution in [0.3, 0.4) is 0 Å². The van der Waals surface area contributed by atoms with E-state index in [1.54, 1.807) is 13.8 Å². The van der Waals surface area contributed by atoms with Crippen molar-refractivity contribution in [3.05, 3.63) is 0 Å². The predicted molar refractivity (Wildman–Crippen MR) is 445 cm³/mol. The van der Waals surface area contributed by atoms with Gasteiger partial charge in [0, 0.05) is 51.6 Å². The van der Waals surface area contributed by atoms with Gasteiger partial charge in [-0.25, -0.2) is 0 Å². The molecule has 32 atom stereocenters. The molecule has 42 nitrogen and oxygen atoms in total. The lowest BCUT2D eigenvalue weighted by Gasteiger charge is -2.46. The summed E-state index contributed by atoms with van der Waals surface area (Å²) < 4.78 is 67.1. The first-order valence-corrected chi connectivity index (χ1v) is 46.1. The molecule has 0 unspecified atom stereocenters. The van der Waals surface area contributed by atoms with Gasteiger partial charge in [-0.15, -0.1) is 0 Å². The maximum atomic E-state index is 13.3. The molecule has 0 aromatic rings. The van der Waals surface area contributed by atoms with Crippen LogP contribution < -0.4 is 21.3 Å². The minimum Gasteiger partial charge on any atom is -0.394 e. The monoisotopic (exact) mass is 1840 g/mol. The number of carbonyl (C=O) groups is 6. The molecule has 6 saturated heterocycles. The molecule has 4 amide bonds. The van der Waals surface area contributed by atoms with E-state index >= 15 is 0 Å². The first kappa shape index (κ1) is 113. The van der Waals surface area contributed by atoms with Gasteiger partial charge in [0.25, 0.3) is 0 Å². The number of hydrogen-bond donors (Lipinski definition) is 24. The van der Waals surface area contributed by atoms with E-state index in [0.717, 1.165) is 38.5 Å². The van der Waals surface area contributed by atoms with Crippen LogP contribution in [-0.2, 0) is 85.6 Å². The molecule has 6 heterocycles. The van der Waals surface area contributed by atoms with E-state index in [-0.39, 0.29) is 101 Å². The lowest BCUT2D eigenvalue weighted by Crippen LogP contribution is -2.65. The number of nitrogens with one attached hydrogen (secondary N) is 4. The molecule has 127 heavy (non-hydrogen) atoms. The molecule has 0 aromatic carbocycles. The molecule has 0 radical (unpaired) electrons. The second-order valence-corrected chi connectivity index (χ2v) is 33.8. The number of hydrogen-bond acceptors (Lipinski definition) is 38. The van der Waals surface area contributed by atoms with Gasteiger partial charge in [-0.2, -0.15) is 0 Å². The van der Waals surface area contributed by atoms with Gasteiger partial charge in [-0.1, -0.05) is 175 Å². The molecule has 6 rings (SSSR count). The Kier molecular flexibility index (Phi) is 55.8. The van der Waals surface area contributed by atoms with Crippen LogP contribution in [0.4, 0.5) is 0 Å². The Morgan fingerprint density at radius 3 is 0.811 bits per heavy atom. The molecule has 42 heteroatoms. The molecule has 0 spiro atoms. The van der Waals surface area contributed by atoms with Crippen LogP contribution in [0.1, 0.15) is 240 Å². The third-order valence-electron chi connectivity index (χ3n) is 23.8. The molecule has 0 bridgehead atoms. The first-order chi connectivity index (χ1) is 60.9.